The number of pyridine rings is 1. The summed E-state index contributed by atoms with van der Waals surface area (Å²) in [7, 11) is 0. The van der Waals surface area contributed by atoms with Crippen LogP contribution in [-0.2, 0) is 0 Å². The smallest absolute Gasteiger partial charge is 0.256 e. The monoisotopic (exact) mass is 527 g/mol. The van der Waals surface area contributed by atoms with Crippen molar-refractivity contribution in [1.82, 2.24) is 10.3 Å². The van der Waals surface area contributed by atoms with E-state index in [1.165, 1.54) is 0 Å². The number of allylic oxidation sites excluding steroid dienone is 4. The fourth-order valence-electron chi connectivity index (χ4n) is 3.78. The molecule has 8 heteroatoms. The summed E-state index contributed by atoms with van der Waals surface area (Å²) in [6, 6.07) is 17.5. The van der Waals surface area contributed by atoms with Crippen LogP contribution in [0.4, 0.5) is 5.82 Å². The number of hydrogen-bond donors (Lipinski definition) is 3. The van der Waals surface area contributed by atoms with Crippen LogP contribution < -0.4 is 16.4 Å². The molecule has 0 spiro atoms. The van der Waals surface area contributed by atoms with E-state index in [0.717, 1.165) is 17.6 Å². The van der Waals surface area contributed by atoms with E-state index in [4.69, 9.17) is 22.3 Å². The maximum absolute atomic E-state index is 13.1. The van der Waals surface area contributed by atoms with Crippen molar-refractivity contribution in [2.75, 3.05) is 18.4 Å². The number of nitriles is 1. The summed E-state index contributed by atoms with van der Waals surface area (Å²) < 4.78 is 0. The van der Waals surface area contributed by atoms with Crippen LogP contribution in [0.5, 0.6) is 0 Å². The molecule has 0 radical (unpaired) electrons. The van der Waals surface area contributed by atoms with Gasteiger partial charge in [0, 0.05) is 34.8 Å². The Morgan fingerprint density at radius 1 is 1.08 bits per heavy atom. The lowest BCUT2D eigenvalue weighted by atomic mass is 9.95. The van der Waals surface area contributed by atoms with Crippen LogP contribution in [0.15, 0.2) is 72.3 Å². The highest BCUT2D eigenvalue weighted by atomic mass is 35.5. The predicted octanol–water partition coefficient (Wildman–Crippen LogP) is 5.97. The molecule has 0 saturated heterocycles. The third-order valence-corrected chi connectivity index (χ3v) is 5.89. The second-order valence-corrected chi connectivity index (χ2v) is 9.14. The topological polar surface area (TPSA) is 121 Å². The molecule has 0 saturated carbocycles. The fourth-order valence-corrected chi connectivity index (χ4v) is 3.97. The Bertz CT molecular complexity index is 1450. The Morgan fingerprint density at radius 2 is 1.79 bits per heavy atom. The van der Waals surface area contributed by atoms with E-state index in [0.29, 0.717) is 46.1 Å². The van der Waals surface area contributed by atoms with Crippen LogP contribution in [0.2, 0.25) is 5.02 Å². The Balaban J connectivity index is 2.22. The lowest BCUT2D eigenvalue weighted by molar-refractivity contribution is 0.0954. The molecule has 0 atom stereocenters. The molecule has 1 heterocycles. The van der Waals surface area contributed by atoms with Gasteiger partial charge >= 0.3 is 0 Å². The minimum Gasteiger partial charge on any atom is -0.351 e. The number of halogens is 1. The van der Waals surface area contributed by atoms with E-state index >= 15 is 0 Å². The van der Waals surface area contributed by atoms with Crippen molar-refractivity contribution in [2.45, 2.75) is 27.2 Å². The van der Waals surface area contributed by atoms with Crippen LogP contribution in [-0.4, -0.2) is 29.9 Å². The summed E-state index contributed by atoms with van der Waals surface area (Å²) in [5, 5.41) is 16.2. The van der Waals surface area contributed by atoms with Crippen LogP contribution in [0.3, 0.4) is 0 Å². The average molecular weight is 528 g/mol. The molecule has 0 unspecified atom stereocenters. The number of benzene rings is 2. The van der Waals surface area contributed by atoms with Crippen LogP contribution in [0.1, 0.15) is 59.2 Å². The lowest BCUT2D eigenvalue weighted by Crippen LogP contribution is -2.28. The summed E-state index contributed by atoms with van der Waals surface area (Å²) in [5.41, 5.74) is 10.1. The molecule has 194 valence electrons. The first-order valence-electron chi connectivity index (χ1n) is 12.2. The summed E-state index contributed by atoms with van der Waals surface area (Å²) >= 11 is 6.08. The Hall–Kier alpha value is -4.25. The fraction of sp³-hybridized carbons (Fsp3) is 0.200. The van der Waals surface area contributed by atoms with Gasteiger partial charge in [-0.25, -0.2) is 4.98 Å². The number of anilines is 1. The van der Waals surface area contributed by atoms with E-state index < -0.39 is 5.91 Å². The molecular weight excluding hydrogens is 498 g/mol. The molecule has 4 N–H and O–H groups in total. The lowest BCUT2D eigenvalue weighted by Gasteiger charge is -2.15. The van der Waals surface area contributed by atoms with Crippen LogP contribution >= 0.6 is 11.6 Å². The highest BCUT2D eigenvalue weighted by Crippen LogP contribution is 2.33. The SMILES string of the molecule is CC/C=C\C(=C(C)C)c1cc(-c2cccc(C(=O)NCCN)c2)c(C#N)c(NC(=O)c2cccc(Cl)c2)n1. The largest absolute Gasteiger partial charge is 0.351 e. The van der Waals surface area contributed by atoms with E-state index in [1.807, 2.05) is 45.1 Å². The Kier molecular flexibility index (Phi) is 9.94. The van der Waals surface area contributed by atoms with Crippen molar-refractivity contribution in [3.63, 3.8) is 0 Å². The number of rotatable bonds is 9. The van der Waals surface area contributed by atoms with E-state index in [2.05, 4.69) is 16.7 Å². The second kappa shape index (κ2) is 13.3. The number of carbonyl (C=O) groups is 2. The maximum Gasteiger partial charge on any atom is 0.256 e. The third kappa shape index (κ3) is 6.94. The van der Waals surface area contributed by atoms with Crippen molar-refractivity contribution in [3.8, 4) is 17.2 Å². The normalized spacial score (nSPS) is 10.6. The minimum absolute atomic E-state index is 0.117. The van der Waals surface area contributed by atoms with Crippen LogP contribution in [0, 0.1) is 11.3 Å². The van der Waals surface area contributed by atoms with Gasteiger partial charge in [-0.1, -0.05) is 54.4 Å². The Morgan fingerprint density at radius 3 is 2.42 bits per heavy atom. The molecule has 2 aromatic carbocycles. The molecule has 2 amide bonds. The van der Waals surface area contributed by atoms with Crippen LogP contribution in [0.25, 0.3) is 16.7 Å². The molecule has 0 aliphatic heterocycles. The first-order valence-corrected chi connectivity index (χ1v) is 12.6. The molecule has 38 heavy (non-hydrogen) atoms. The number of carbonyl (C=O) groups excluding carboxylic acids is 2. The first-order chi connectivity index (χ1) is 18.3. The number of amides is 2. The number of nitrogens with two attached hydrogens (primary N) is 1. The van der Waals surface area contributed by atoms with Gasteiger partial charge in [-0.2, -0.15) is 5.26 Å². The van der Waals surface area contributed by atoms with Gasteiger partial charge in [0.25, 0.3) is 11.8 Å². The van der Waals surface area contributed by atoms with Crippen molar-refractivity contribution in [2.24, 2.45) is 5.73 Å². The van der Waals surface area contributed by atoms with Crippen molar-refractivity contribution in [3.05, 3.63) is 99.7 Å². The summed E-state index contributed by atoms with van der Waals surface area (Å²) in [5.74, 6) is -0.598. The molecular formula is C30H30ClN5O2. The summed E-state index contributed by atoms with van der Waals surface area (Å²) in [6.45, 7) is 6.65. The number of aromatic nitrogens is 1. The van der Waals surface area contributed by atoms with Gasteiger partial charge < -0.3 is 16.4 Å². The predicted molar refractivity (Wildman–Crippen MR) is 153 cm³/mol. The van der Waals surface area contributed by atoms with Gasteiger partial charge in [-0.15, -0.1) is 0 Å². The zero-order valence-electron chi connectivity index (χ0n) is 21.6. The summed E-state index contributed by atoms with van der Waals surface area (Å²) in [4.78, 5) is 30.4. The number of nitrogens with zero attached hydrogens (tertiary/aromatic N) is 2. The van der Waals surface area contributed by atoms with E-state index in [-0.39, 0.29) is 17.3 Å². The molecule has 0 aliphatic rings. The molecule has 0 fully saturated rings. The molecule has 0 bridgehead atoms. The standard InChI is InChI=1S/C30H30ClN5O2/c1-4-5-12-24(19(2)3)27-17-25(20-8-6-9-21(15-20)29(37)34-14-13-32)26(18-33)28(35-27)36-30(38)22-10-7-11-23(31)16-22/h5-12,15-17H,4,13-14,32H2,1-3H3,(H,34,37)(H,35,36,38)/b12-5-. The van der Waals surface area contributed by atoms with Gasteiger partial charge in [0.15, 0.2) is 5.82 Å². The maximum atomic E-state index is 13.1. The number of nitrogens with one attached hydrogen (secondary N) is 2. The molecule has 0 aliphatic carbocycles. The zero-order chi connectivity index (χ0) is 27.7. The van der Waals surface area contributed by atoms with Crippen molar-refractivity contribution < 1.29 is 9.59 Å². The van der Waals surface area contributed by atoms with Gasteiger partial charge in [-0.05, 0) is 67.8 Å². The molecule has 3 aromatic rings. The molecule has 3 rings (SSSR count). The van der Waals surface area contributed by atoms with E-state index in [9.17, 15) is 14.9 Å². The van der Waals surface area contributed by atoms with Gasteiger partial charge in [0.2, 0.25) is 0 Å². The molecule has 7 nitrogen and oxygen atoms in total. The average Bonchev–Trinajstić information content (AvgIpc) is 2.91. The highest BCUT2D eigenvalue weighted by molar-refractivity contribution is 6.31. The van der Waals surface area contributed by atoms with Gasteiger partial charge in [0.05, 0.1) is 5.69 Å². The number of hydrogen-bond acceptors (Lipinski definition) is 5. The van der Waals surface area contributed by atoms with E-state index in [1.54, 1.807) is 42.5 Å². The second-order valence-electron chi connectivity index (χ2n) is 8.70. The van der Waals surface area contributed by atoms with Gasteiger partial charge in [0.1, 0.15) is 11.6 Å². The van der Waals surface area contributed by atoms with Crippen molar-refractivity contribution >= 4 is 34.8 Å². The van der Waals surface area contributed by atoms with Crippen molar-refractivity contribution in [1.29, 1.82) is 5.26 Å². The molecule has 1 aromatic heterocycles. The summed E-state index contributed by atoms with van der Waals surface area (Å²) in [6.07, 6.45) is 4.83. The minimum atomic E-state index is -0.447. The highest BCUT2D eigenvalue weighted by Gasteiger charge is 2.19. The Labute approximate surface area is 228 Å². The van der Waals surface area contributed by atoms with Gasteiger partial charge in [-0.3, -0.25) is 9.59 Å². The third-order valence-electron chi connectivity index (χ3n) is 5.65. The zero-order valence-corrected chi connectivity index (χ0v) is 22.4. The first kappa shape index (κ1) is 28.3. The quantitative estimate of drug-likeness (QED) is 0.296.